The summed E-state index contributed by atoms with van der Waals surface area (Å²) < 4.78 is 78.4. The Balaban J connectivity index is 0.000000187. The van der Waals surface area contributed by atoms with Crippen LogP contribution in [0.25, 0.3) is 11.1 Å². The van der Waals surface area contributed by atoms with Gasteiger partial charge in [-0.25, -0.2) is 29.4 Å². The molecule has 0 spiro atoms. The number of anilines is 2. The molecule has 6 rings (SSSR count). The van der Waals surface area contributed by atoms with E-state index in [0.717, 1.165) is 34.3 Å². The summed E-state index contributed by atoms with van der Waals surface area (Å²) in [6, 6.07) is 3.63. The zero-order valence-corrected chi connectivity index (χ0v) is 29.5. The van der Waals surface area contributed by atoms with Crippen LogP contribution in [-0.2, 0) is 12.4 Å². The molecule has 2 fully saturated rings. The number of carbonyl (C=O) groups excluding carboxylic acids is 2. The summed E-state index contributed by atoms with van der Waals surface area (Å²) in [6.45, 7) is 0.0298. The van der Waals surface area contributed by atoms with Crippen molar-refractivity contribution in [2.45, 2.75) is 24.8 Å². The van der Waals surface area contributed by atoms with Crippen LogP contribution in [-0.4, -0.2) is 98.9 Å². The molecule has 2 saturated heterocycles. The van der Waals surface area contributed by atoms with E-state index in [9.17, 15) is 46.1 Å². The van der Waals surface area contributed by atoms with Crippen LogP contribution >= 0.6 is 45.3 Å². The number of carbonyl (C=O) groups is 2. The molecule has 6 heterocycles. The van der Waals surface area contributed by atoms with Crippen LogP contribution in [0.15, 0.2) is 58.2 Å². The largest absolute Gasteiger partial charge is 0.489 e. The van der Waals surface area contributed by atoms with E-state index in [-0.39, 0.29) is 33.9 Å². The maximum atomic E-state index is 13.4. The Hall–Kier alpha value is -3.55. The number of pyridine rings is 2. The van der Waals surface area contributed by atoms with Gasteiger partial charge in [0.25, 0.3) is 0 Å². The highest BCUT2D eigenvalue weighted by molar-refractivity contribution is 14.1. The Bertz CT molecular complexity index is 1790. The van der Waals surface area contributed by atoms with Gasteiger partial charge in [-0.15, -0.1) is 0 Å². The van der Waals surface area contributed by atoms with Gasteiger partial charge >= 0.3 is 31.5 Å². The van der Waals surface area contributed by atoms with Crippen LogP contribution in [0.5, 0.6) is 0 Å². The maximum Gasteiger partial charge on any atom is 0.489 e. The lowest BCUT2D eigenvalue weighted by molar-refractivity contribution is -0.138. The monoisotopic (exact) mass is 858 g/mol. The van der Waals surface area contributed by atoms with Crippen LogP contribution < -0.4 is 15.3 Å². The number of nitrogens with zero attached hydrogens (tertiary/aromatic N) is 6. The molecule has 4 N–H and O–H groups in total. The number of thiophene rings is 2. The number of β-amino-alcohol motifs (C(OH)–C–C–N with tert-alkyl or cyclic N) is 2. The fraction of sp³-hybridized carbons (Fsp3) is 0.286. The highest BCUT2D eigenvalue weighted by Gasteiger charge is 2.40. The average molecular weight is 858 g/mol. The summed E-state index contributed by atoms with van der Waals surface area (Å²) in [6.07, 6.45) is -9.46. The molecule has 0 bridgehead atoms. The first kappa shape index (κ1) is 39.2. The molecular weight excluding hydrogens is 832 g/mol. The Morgan fingerprint density at radius 2 is 1.28 bits per heavy atom. The minimum absolute atomic E-state index is 0.00808. The molecule has 4 amide bonds. The van der Waals surface area contributed by atoms with Crippen LogP contribution in [0.4, 0.5) is 47.6 Å². The molecule has 0 saturated carbocycles. The van der Waals surface area contributed by atoms with Gasteiger partial charge in [-0.2, -0.15) is 49.0 Å². The van der Waals surface area contributed by atoms with E-state index in [1.54, 1.807) is 33.7 Å². The Morgan fingerprint density at radius 3 is 1.66 bits per heavy atom. The number of hydrogen-bond acceptors (Lipinski definition) is 10. The first-order valence-corrected chi connectivity index (χ1v) is 16.9. The Labute approximate surface area is 302 Å². The third-order valence-electron chi connectivity index (χ3n) is 7.04. The number of halogens is 7. The molecule has 0 aliphatic carbocycles. The summed E-state index contributed by atoms with van der Waals surface area (Å²) in [5, 5.41) is 43.3. The summed E-state index contributed by atoms with van der Waals surface area (Å²) >= 11 is 4.25. The molecule has 22 heteroatoms. The van der Waals surface area contributed by atoms with E-state index in [0.29, 0.717) is 11.0 Å². The predicted molar refractivity (Wildman–Crippen MR) is 182 cm³/mol. The average Bonchev–Trinajstić information content (AvgIpc) is 3.84. The number of aromatic nitrogens is 2. The van der Waals surface area contributed by atoms with Gasteiger partial charge in [-0.3, -0.25) is 0 Å². The number of aliphatic hydroxyl groups excluding tert-OH is 2. The van der Waals surface area contributed by atoms with Crippen molar-refractivity contribution in [3.05, 3.63) is 72.9 Å². The van der Waals surface area contributed by atoms with Crippen molar-refractivity contribution >= 4 is 81.5 Å². The van der Waals surface area contributed by atoms with Crippen molar-refractivity contribution in [2.24, 2.45) is 0 Å². The van der Waals surface area contributed by atoms with Crippen LogP contribution in [0, 0.1) is 3.57 Å². The minimum atomic E-state index is -4.60. The number of aliphatic hydroxyl groups is 2. The SMILES string of the molecule is CN1CC(O)N(c2cc(C(F)(F)F)c(-c3ccsc3)cn2)C1=O.CN1CC(O)N(c2cc(C(F)(F)F)c(I)cn2)C1=O.OB(O)c1ccsc1. The highest BCUT2D eigenvalue weighted by atomic mass is 127. The molecule has 2 atom stereocenters. The molecule has 0 radical (unpaired) electrons. The van der Waals surface area contributed by atoms with Crippen molar-refractivity contribution in [3.63, 3.8) is 0 Å². The van der Waals surface area contributed by atoms with Crippen molar-refractivity contribution in [3.8, 4) is 11.1 Å². The van der Waals surface area contributed by atoms with Crippen LogP contribution in [0.1, 0.15) is 11.1 Å². The van der Waals surface area contributed by atoms with Gasteiger partial charge in [0.05, 0.1) is 24.2 Å². The maximum absolute atomic E-state index is 13.4. The normalized spacial score (nSPS) is 17.9. The van der Waals surface area contributed by atoms with Gasteiger partial charge in [0.1, 0.15) is 11.6 Å². The number of alkyl halides is 6. The smallest absolute Gasteiger partial charge is 0.423 e. The first-order chi connectivity index (χ1) is 23.3. The molecule has 0 aromatic carbocycles. The first-order valence-electron chi connectivity index (χ1n) is 14.0. The fourth-order valence-electron chi connectivity index (χ4n) is 4.59. The van der Waals surface area contributed by atoms with E-state index in [1.165, 1.54) is 69.2 Å². The van der Waals surface area contributed by atoms with Crippen molar-refractivity contribution < 1.29 is 56.2 Å². The van der Waals surface area contributed by atoms with Crippen molar-refractivity contribution in [1.82, 2.24) is 19.8 Å². The molecule has 2 aliphatic heterocycles. The third kappa shape index (κ3) is 9.02. The van der Waals surface area contributed by atoms with Gasteiger partial charge in [0.15, 0.2) is 12.5 Å². The quantitative estimate of drug-likeness (QED) is 0.135. The number of hydrogen-bond donors (Lipinski definition) is 4. The highest BCUT2D eigenvalue weighted by Crippen LogP contribution is 2.40. The Morgan fingerprint density at radius 1 is 0.800 bits per heavy atom. The van der Waals surface area contributed by atoms with E-state index in [2.05, 4.69) is 9.97 Å². The Kier molecular flexibility index (Phi) is 12.4. The van der Waals surface area contributed by atoms with Crippen molar-refractivity contribution in [2.75, 3.05) is 37.0 Å². The van der Waals surface area contributed by atoms with E-state index in [1.807, 2.05) is 0 Å². The van der Waals surface area contributed by atoms with Gasteiger partial charge < -0.3 is 30.1 Å². The van der Waals surface area contributed by atoms with E-state index < -0.39 is 55.1 Å². The fourth-order valence-corrected chi connectivity index (χ4v) is 6.52. The second-order valence-corrected chi connectivity index (χ2v) is 13.3. The zero-order valence-electron chi connectivity index (χ0n) is 25.7. The lowest BCUT2D eigenvalue weighted by Gasteiger charge is -2.20. The lowest BCUT2D eigenvalue weighted by Crippen LogP contribution is -2.35. The molecule has 2 aliphatic rings. The summed E-state index contributed by atoms with van der Waals surface area (Å²) in [4.78, 5) is 35.5. The molecule has 268 valence electrons. The molecule has 2 unspecified atom stereocenters. The number of rotatable bonds is 4. The van der Waals surface area contributed by atoms with Crippen LogP contribution in [0.3, 0.4) is 0 Å². The molecule has 4 aromatic rings. The van der Waals surface area contributed by atoms with Crippen LogP contribution in [0.2, 0.25) is 0 Å². The van der Waals surface area contributed by atoms with Crippen molar-refractivity contribution in [1.29, 1.82) is 0 Å². The summed E-state index contributed by atoms with van der Waals surface area (Å²) in [5.41, 5.74) is -0.859. The summed E-state index contributed by atoms with van der Waals surface area (Å²) in [7, 11) is 1.60. The number of amides is 4. The minimum Gasteiger partial charge on any atom is -0.423 e. The van der Waals surface area contributed by atoms with Gasteiger partial charge in [-0.1, -0.05) is 6.07 Å². The lowest BCUT2D eigenvalue weighted by atomic mass is 9.83. The topological polar surface area (TPSA) is 154 Å². The number of urea groups is 2. The second-order valence-electron chi connectivity index (χ2n) is 10.6. The molecule has 12 nitrogen and oxygen atoms in total. The van der Waals surface area contributed by atoms with E-state index >= 15 is 0 Å². The third-order valence-corrected chi connectivity index (χ3v) is 9.29. The summed E-state index contributed by atoms with van der Waals surface area (Å²) in [5.74, 6) is -0.437. The van der Waals surface area contributed by atoms with Gasteiger partial charge in [0, 0.05) is 35.6 Å². The predicted octanol–water partition coefficient (Wildman–Crippen LogP) is 4.34. The standard InChI is InChI=1S/C14H12F3N3O2S.C10H9F3IN3O2.C4H5BO2S/c1-19-6-12(21)20(13(19)22)11-4-10(14(15,16)17)9(5-18-11)8-2-3-23-7-8;1-16-4-8(18)17(9(16)19)7-2-5(10(11,12)13)6(14)3-15-7;6-5(7)4-1-2-8-3-4/h2-5,7,12,21H,6H2,1H3;2-3,8,18H,4H2,1H3;1-3,6-7H. The molecular formula is C28H26BF6IN6O6S2. The molecule has 4 aromatic heterocycles. The molecule has 50 heavy (non-hydrogen) atoms. The van der Waals surface area contributed by atoms with Gasteiger partial charge in [0.2, 0.25) is 0 Å². The van der Waals surface area contributed by atoms with E-state index in [4.69, 9.17) is 10.0 Å². The zero-order chi connectivity index (χ0) is 37.1. The second kappa shape index (κ2) is 15.8. The van der Waals surface area contributed by atoms with Gasteiger partial charge in [-0.05, 0) is 73.3 Å². The number of likely N-dealkylation sites (N-methyl/N-ethyl adjacent to an activating group) is 2.